The van der Waals surface area contributed by atoms with Crippen LogP contribution >= 0.6 is 11.1 Å². The second kappa shape index (κ2) is 4.98. The van der Waals surface area contributed by atoms with Crippen LogP contribution in [0.3, 0.4) is 0 Å². The van der Waals surface area contributed by atoms with Gasteiger partial charge in [-0.1, -0.05) is 13.1 Å². The van der Waals surface area contributed by atoms with Gasteiger partial charge in [0.25, 0.3) is 0 Å². The van der Waals surface area contributed by atoms with Crippen molar-refractivity contribution in [1.82, 2.24) is 0 Å². The Kier molecular flexibility index (Phi) is 4.96. The third-order valence-corrected chi connectivity index (χ3v) is 3.09. The standard InChI is InChI=1S/C9H15ClNSi.ClH/c1-9-4-6-11(7-5-9)8-12(2,3)10;/h4-7H,8H2,1-3H3;1H/q+1;/p-1. The van der Waals surface area contributed by atoms with Crippen molar-refractivity contribution in [2.24, 2.45) is 0 Å². The van der Waals surface area contributed by atoms with E-state index in [9.17, 15) is 0 Å². The molecule has 13 heavy (non-hydrogen) atoms. The van der Waals surface area contributed by atoms with E-state index in [1.165, 1.54) is 5.56 Å². The van der Waals surface area contributed by atoms with Crippen molar-refractivity contribution in [3.05, 3.63) is 30.1 Å². The Balaban J connectivity index is 0.00000144. The molecule has 1 rings (SSSR count). The molecule has 1 aromatic heterocycles. The SMILES string of the molecule is Cc1cc[n+](C[Si](C)(C)Cl)cc1.[Cl-]. The van der Waals surface area contributed by atoms with Crippen LogP contribution in [0.1, 0.15) is 5.56 Å². The van der Waals surface area contributed by atoms with Gasteiger partial charge in [-0.15, -0.1) is 0 Å². The van der Waals surface area contributed by atoms with E-state index in [1.54, 1.807) is 0 Å². The summed E-state index contributed by atoms with van der Waals surface area (Å²) < 4.78 is 2.16. The van der Waals surface area contributed by atoms with E-state index in [0.29, 0.717) is 0 Å². The lowest BCUT2D eigenvalue weighted by atomic mass is 10.3. The first-order valence-electron chi connectivity index (χ1n) is 4.12. The molecule has 0 radical (unpaired) electrons. The Morgan fingerprint density at radius 3 is 2.15 bits per heavy atom. The van der Waals surface area contributed by atoms with Crippen LogP contribution in [0.4, 0.5) is 0 Å². The van der Waals surface area contributed by atoms with Gasteiger partial charge >= 0.3 is 0 Å². The molecule has 0 atom stereocenters. The molecule has 1 aromatic rings. The van der Waals surface area contributed by atoms with Crippen molar-refractivity contribution in [2.75, 3.05) is 0 Å². The maximum absolute atomic E-state index is 6.23. The summed E-state index contributed by atoms with van der Waals surface area (Å²) in [4.78, 5) is 0. The van der Waals surface area contributed by atoms with Gasteiger partial charge < -0.3 is 12.4 Å². The summed E-state index contributed by atoms with van der Waals surface area (Å²) in [5, 5.41) is 0. The van der Waals surface area contributed by atoms with Crippen LogP contribution in [-0.4, -0.2) is 7.38 Å². The zero-order valence-electron chi connectivity index (χ0n) is 8.22. The van der Waals surface area contributed by atoms with Crippen molar-refractivity contribution in [1.29, 1.82) is 0 Å². The quantitative estimate of drug-likeness (QED) is 0.362. The molecule has 0 saturated heterocycles. The smallest absolute Gasteiger partial charge is 0.224 e. The molecule has 0 aliphatic rings. The van der Waals surface area contributed by atoms with E-state index in [4.69, 9.17) is 11.1 Å². The van der Waals surface area contributed by atoms with Gasteiger partial charge in [-0.05, 0) is 12.5 Å². The molecule has 1 heterocycles. The fourth-order valence-corrected chi connectivity index (χ4v) is 2.56. The molecule has 0 bridgehead atoms. The lowest BCUT2D eigenvalue weighted by Crippen LogP contribution is -3.00. The van der Waals surface area contributed by atoms with Gasteiger partial charge in [0.05, 0.1) is 0 Å². The molecule has 0 aromatic carbocycles. The topological polar surface area (TPSA) is 3.88 Å². The van der Waals surface area contributed by atoms with Crippen LogP contribution in [0.15, 0.2) is 24.5 Å². The average Bonchev–Trinajstić information content (AvgIpc) is 1.91. The van der Waals surface area contributed by atoms with E-state index in [0.717, 1.165) is 6.17 Å². The highest BCUT2D eigenvalue weighted by Crippen LogP contribution is 2.06. The molecule has 0 N–H and O–H groups in total. The van der Waals surface area contributed by atoms with Crippen molar-refractivity contribution in [3.63, 3.8) is 0 Å². The molecular weight excluding hydrogens is 221 g/mol. The van der Waals surface area contributed by atoms with Gasteiger partial charge in [-0.25, -0.2) is 4.57 Å². The molecule has 1 nitrogen and oxygen atoms in total. The number of pyridine rings is 1. The number of rotatable bonds is 2. The Hall–Kier alpha value is -0.0531. The molecule has 0 aliphatic heterocycles. The Morgan fingerprint density at radius 1 is 1.31 bits per heavy atom. The van der Waals surface area contributed by atoms with Crippen LogP contribution in [-0.2, 0) is 6.17 Å². The third kappa shape index (κ3) is 5.29. The molecule has 0 fully saturated rings. The second-order valence-electron chi connectivity index (χ2n) is 3.77. The maximum atomic E-state index is 6.23. The van der Waals surface area contributed by atoms with E-state index < -0.39 is 7.38 Å². The van der Waals surface area contributed by atoms with E-state index in [-0.39, 0.29) is 12.4 Å². The number of hydrogen-bond donors (Lipinski definition) is 0. The molecule has 74 valence electrons. The molecule has 0 amide bonds. The largest absolute Gasteiger partial charge is 1.00 e. The van der Waals surface area contributed by atoms with Gasteiger partial charge in [-0.2, -0.15) is 11.1 Å². The monoisotopic (exact) mass is 235 g/mol. The van der Waals surface area contributed by atoms with Crippen molar-refractivity contribution >= 4 is 18.5 Å². The number of hydrogen-bond acceptors (Lipinski definition) is 0. The third-order valence-electron chi connectivity index (χ3n) is 1.62. The van der Waals surface area contributed by atoms with Gasteiger partial charge in [0.2, 0.25) is 7.38 Å². The maximum Gasteiger partial charge on any atom is 0.224 e. The van der Waals surface area contributed by atoms with Gasteiger partial charge in [0.15, 0.2) is 12.4 Å². The van der Waals surface area contributed by atoms with Crippen LogP contribution in [0.2, 0.25) is 13.1 Å². The Morgan fingerprint density at radius 2 is 1.77 bits per heavy atom. The van der Waals surface area contributed by atoms with E-state index >= 15 is 0 Å². The fourth-order valence-electron chi connectivity index (χ4n) is 1.07. The minimum Gasteiger partial charge on any atom is -1.00 e. The minimum absolute atomic E-state index is 0. The minimum atomic E-state index is -1.48. The Labute approximate surface area is 91.9 Å². The first-order valence-corrected chi connectivity index (χ1v) is 8.34. The summed E-state index contributed by atoms with van der Waals surface area (Å²) in [5.41, 5.74) is 1.29. The zero-order chi connectivity index (χ0) is 9.19. The van der Waals surface area contributed by atoms with Crippen molar-refractivity contribution < 1.29 is 17.0 Å². The summed E-state index contributed by atoms with van der Waals surface area (Å²) in [7, 11) is -1.48. The number of nitrogens with zero attached hydrogens (tertiary/aromatic N) is 1. The molecule has 4 heteroatoms. The first kappa shape index (κ1) is 12.9. The van der Waals surface area contributed by atoms with E-state index in [2.05, 4.69) is 49.1 Å². The number of aryl methyl sites for hydroxylation is 1. The van der Waals surface area contributed by atoms with Gasteiger partial charge in [-0.3, -0.25) is 0 Å². The zero-order valence-corrected chi connectivity index (χ0v) is 10.7. The normalized spacial score (nSPS) is 10.8. The summed E-state index contributed by atoms with van der Waals surface area (Å²) >= 11 is 6.23. The van der Waals surface area contributed by atoms with Gasteiger partial charge in [0, 0.05) is 12.1 Å². The van der Waals surface area contributed by atoms with Gasteiger partial charge in [0.1, 0.15) is 6.17 Å². The predicted molar refractivity (Wildman–Crippen MR) is 54.7 cm³/mol. The molecule has 0 unspecified atom stereocenters. The van der Waals surface area contributed by atoms with Crippen LogP contribution in [0, 0.1) is 6.92 Å². The summed E-state index contributed by atoms with van der Waals surface area (Å²) in [6, 6.07) is 4.22. The summed E-state index contributed by atoms with van der Waals surface area (Å²) in [6.45, 7) is 6.40. The lowest BCUT2D eigenvalue weighted by Gasteiger charge is -2.07. The Bertz CT molecular complexity index is 253. The molecule has 0 saturated carbocycles. The molecule has 0 spiro atoms. The molecule has 0 aliphatic carbocycles. The first-order chi connectivity index (χ1) is 5.47. The highest BCUT2D eigenvalue weighted by molar-refractivity contribution is 7.18. The van der Waals surface area contributed by atoms with E-state index in [1.807, 2.05) is 0 Å². The van der Waals surface area contributed by atoms with Crippen molar-refractivity contribution in [3.8, 4) is 0 Å². The predicted octanol–water partition coefficient (Wildman–Crippen LogP) is -0.730. The average molecular weight is 236 g/mol. The van der Waals surface area contributed by atoms with Crippen LogP contribution in [0.25, 0.3) is 0 Å². The summed E-state index contributed by atoms with van der Waals surface area (Å²) in [6.07, 6.45) is 5.16. The fraction of sp³-hybridized carbons (Fsp3) is 0.444. The highest BCUT2D eigenvalue weighted by atomic mass is 35.6. The number of halogens is 2. The number of aromatic nitrogens is 1. The van der Waals surface area contributed by atoms with Crippen LogP contribution in [0.5, 0.6) is 0 Å². The lowest BCUT2D eigenvalue weighted by molar-refractivity contribution is -0.680. The highest BCUT2D eigenvalue weighted by Gasteiger charge is 2.22. The summed E-state index contributed by atoms with van der Waals surface area (Å²) in [5.74, 6) is 0. The second-order valence-corrected chi connectivity index (χ2v) is 10.6. The van der Waals surface area contributed by atoms with Crippen molar-refractivity contribution in [2.45, 2.75) is 26.2 Å². The molecular formula is C9H15Cl2NSi. The van der Waals surface area contributed by atoms with Crippen LogP contribution < -0.4 is 17.0 Å².